The average Bonchev–Trinajstić information content (AvgIpc) is 2.12. The van der Waals surface area contributed by atoms with Crippen LogP contribution in [0.1, 0.15) is 34.1 Å². The molecule has 0 radical (unpaired) electrons. The molecule has 0 aliphatic heterocycles. The summed E-state index contributed by atoms with van der Waals surface area (Å²) in [5.41, 5.74) is -1.99. The van der Waals surface area contributed by atoms with Crippen molar-refractivity contribution in [1.29, 1.82) is 0 Å². The molecule has 0 aliphatic rings. The van der Waals surface area contributed by atoms with Crippen LogP contribution in [0.15, 0.2) is 0 Å². The molecule has 100 valence electrons. The van der Waals surface area contributed by atoms with Gasteiger partial charge in [0, 0.05) is 18.5 Å². The fourth-order valence-corrected chi connectivity index (χ4v) is 0.986. The van der Waals surface area contributed by atoms with Crippen LogP contribution in [0.2, 0.25) is 0 Å². The van der Waals surface area contributed by atoms with Crippen LogP contribution in [0.5, 0.6) is 0 Å². The summed E-state index contributed by atoms with van der Waals surface area (Å²) in [6, 6.07) is 0. The first kappa shape index (κ1) is 15.9. The summed E-state index contributed by atoms with van der Waals surface area (Å²) in [7, 11) is 0. The Morgan fingerprint density at radius 3 is 2.12 bits per heavy atom. The number of carbonyl (C=O) groups excluding carboxylic acids is 1. The molecule has 6 heteroatoms. The maximum absolute atomic E-state index is 11.3. The maximum Gasteiger partial charge on any atom is 0.337 e. The van der Waals surface area contributed by atoms with Gasteiger partial charge in [0.1, 0.15) is 0 Å². The molecule has 0 aromatic carbocycles. The zero-order chi connectivity index (χ0) is 13.7. The lowest BCUT2D eigenvalue weighted by Crippen LogP contribution is -2.47. The molecule has 4 N–H and O–H groups in total. The average molecular weight is 246 g/mol. The first-order valence-corrected chi connectivity index (χ1v) is 5.52. The monoisotopic (exact) mass is 246 g/mol. The Balaban J connectivity index is 3.86. The van der Waals surface area contributed by atoms with Crippen molar-refractivity contribution in [2.45, 2.75) is 45.3 Å². The second-order valence-corrected chi connectivity index (χ2v) is 5.28. The van der Waals surface area contributed by atoms with Gasteiger partial charge >= 0.3 is 5.97 Å². The van der Waals surface area contributed by atoms with Crippen LogP contribution in [-0.4, -0.2) is 46.3 Å². The third-order valence-corrected chi connectivity index (χ3v) is 2.10. The van der Waals surface area contributed by atoms with E-state index in [0.717, 1.165) is 6.92 Å². The van der Waals surface area contributed by atoms with Gasteiger partial charge in [-0.15, -0.1) is 0 Å². The number of amides is 1. The van der Waals surface area contributed by atoms with E-state index in [9.17, 15) is 14.7 Å². The van der Waals surface area contributed by atoms with Gasteiger partial charge < -0.3 is 20.8 Å². The van der Waals surface area contributed by atoms with Crippen LogP contribution in [0.3, 0.4) is 0 Å². The first-order valence-electron chi connectivity index (χ1n) is 5.52. The summed E-state index contributed by atoms with van der Waals surface area (Å²) in [4.78, 5) is 21.9. The maximum atomic E-state index is 11.3. The molecule has 17 heavy (non-hydrogen) atoms. The van der Waals surface area contributed by atoms with Crippen molar-refractivity contribution in [3.63, 3.8) is 0 Å². The molecule has 0 aromatic rings. The number of aliphatic hydroxyl groups is 1. The summed E-state index contributed by atoms with van der Waals surface area (Å²) < 4.78 is 0. The number of rotatable bonds is 6. The van der Waals surface area contributed by atoms with Crippen molar-refractivity contribution in [2.24, 2.45) is 0 Å². The molecule has 1 unspecified atom stereocenters. The van der Waals surface area contributed by atoms with E-state index >= 15 is 0 Å². The molecule has 0 spiro atoms. The van der Waals surface area contributed by atoms with E-state index in [-0.39, 0.29) is 24.4 Å². The first-order chi connectivity index (χ1) is 7.54. The van der Waals surface area contributed by atoms with Crippen LogP contribution in [0, 0.1) is 0 Å². The van der Waals surface area contributed by atoms with Crippen molar-refractivity contribution in [1.82, 2.24) is 10.6 Å². The molecule has 0 aromatic heterocycles. The zero-order valence-corrected chi connectivity index (χ0v) is 10.8. The van der Waals surface area contributed by atoms with Crippen molar-refractivity contribution < 1.29 is 19.8 Å². The molecule has 0 fully saturated rings. The Bertz CT molecular complexity index is 282. The van der Waals surface area contributed by atoms with Gasteiger partial charge in [-0.3, -0.25) is 4.79 Å². The van der Waals surface area contributed by atoms with E-state index in [1.807, 2.05) is 20.8 Å². The van der Waals surface area contributed by atoms with Crippen LogP contribution in [-0.2, 0) is 9.59 Å². The molecular weight excluding hydrogens is 224 g/mol. The van der Waals surface area contributed by atoms with Crippen molar-refractivity contribution >= 4 is 11.9 Å². The van der Waals surface area contributed by atoms with Crippen molar-refractivity contribution in [2.75, 3.05) is 13.1 Å². The molecule has 0 bridgehead atoms. The molecule has 0 heterocycles. The number of hydrogen-bond acceptors (Lipinski definition) is 4. The van der Waals surface area contributed by atoms with Crippen molar-refractivity contribution in [3.8, 4) is 0 Å². The lowest BCUT2D eigenvalue weighted by molar-refractivity contribution is -0.156. The van der Waals surface area contributed by atoms with E-state index in [0.29, 0.717) is 6.54 Å². The number of aliphatic carboxylic acids is 1. The fourth-order valence-electron chi connectivity index (χ4n) is 0.986. The number of hydrogen-bond donors (Lipinski definition) is 4. The quantitative estimate of drug-likeness (QED) is 0.516. The largest absolute Gasteiger partial charge is 0.479 e. The summed E-state index contributed by atoms with van der Waals surface area (Å²) in [5.74, 6) is -1.64. The minimum absolute atomic E-state index is 0.0627. The summed E-state index contributed by atoms with van der Waals surface area (Å²) in [6.07, 6.45) is 0.243. The molecule has 6 nitrogen and oxygen atoms in total. The van der Waals surface area contributed by atoms with Gasteiger partial charge in [0.05, 0.1) is 6.54 Å². The standard InChI is InChI=1S/C11H22N2O4/c1-10(2,3)13-6-5-8(14)12-7-11(4,17)9(15)16/h13,17H,5-7H2,1-4H3,(H,12,14)(H,15,16). The van der Waals surface area contributed by atoms with E-state index in [4.69, 9.17) is 5.11 Å². The molecule has 1 amide bonds. The van der Waals surface area contributed by atoms with Crippen LogP contribution < -0.4 is 10.6 Å². The summed E-state index contributed by atoms with van der Waals surface area (Å²) in [6.45, 7) is 7.31. The van der Waals surface area contributed by atoms with Gasteiger partial charge in [0.2, 0.25) is 5.91 Å². The minimum atomic E-state index is -1.92. The Morgan fingerprint density at radius 1 is 1.18 bits per heavy atom. The van der Waals surface area contributed by atoms with Crippen LogP contribution >= 0.6 is 0 Å². The van der Waals surface area contributed by atoms with Crippen LogP contribution in [0.4, 0.5) is 0 Å². The normalized spacial score (nSPS) is 15.1. The third kappa shape index (κ3) is 7.70. The highest BCUT2D eigenvalue weighted by Crippen LogP contribution is 2.01. The predicted molar refractivity (Wildman–Crippen MR) is 63.6 cm³/mol. The Hall–Kier alpha value is -1.14. The van der Waals surface area contributed by atoms with E-state index in [1.165, 1.54) is 0 Å². The van der Waals surface area contributed by atoms with Gasteiger partial charge in [-0.1, -0.05) is 0 Å². The van der Waals surface area contributed by atoms with Crippen LogP contribution in [0.25, 0.3) is 0 Å². The summed E-state index contributed by atoms with van der Waals surface area (Å²) in [5, 5.41) is 23.5. The number of carboxylic acid groups (broad SMARTS) is 1. The molecule has 0 rings (SSSR count). The topological polar surface area (TPSA) is 98.7 Å². The molecular formula is C11H22N2O4. The van der Waals surface area contributed by atoms with Gasteiger partial charge in [0.15, 0.2) is 5.60 Å². The van der Waals surface area contributed by atoms with Gasteiger partial charge in [-0.05, 0) is 27.7 Å². The highest BCUT2D eigenvalue weighted by molar-refractivity contribution is 5.80. The number of carboxylic acids is 1. The third-order valence-electron chi connectivity index (χ3n) is 2.10. The Morgan fingerprint density at radius 2 is 1.71 bits per heavy atom. The van der Waals surface area contributed by atoms with Gasteiger partial charge in [0.25, 0.3) is 0 Å². The number of carbonyl (C=O) groups is 2. The van der Waals surface area contributed by atoms with Gasteiger partial charge in [-0.25, -0.2) is 4.79 Å². The second kappa shape index (κ2) is 5.97. The van der Waals surface area contributed by atoms with E-state index < -0.39 is 11.6 Å². The Labute approximate surface area is 101 Å². The predicted octanol–water partition coefficient (Wildman–Crippen LogP) is -0.284. The second-order valence-electron chi connectivity index (χ2n) is 5.28. The van der Waals surface area contributed by atoms with Gasteiger partial charge in [-0.2, -0.15) is 0 Å². The highest BCUT2D eigenvalue weighted by atomic mass is 16.4. The lowest BCUT2D eigenvalue weighted by atomic mass is 10.1. The minimum Gasteiger partial charge on any atom is -0.479 e. The molecule has 0 saturated heterocycles. The van der Waals surface area contributed by atoms with E-state index in [1.54, 1.807) is 0 Å². The smallest absolute Gasteiger partial charge is 0.337 e. The lowest BCUT2D eigenvalue weighted by Gasteiger charge is -2.21. The molecule has 0 aliphatic carbocycles. The highest BCUT2D eigenvalue weighted by Gasteiger charge is 2.30. The van der Waals surface area contributed by atoms with E-state index in [2.05, 4.69) is 10.6 Å². The van der Waals surface area contributed by atoms with Crippen molar-refractivity contribution in [3.05, 3.63) is 0 Å². The SMILES string of the molecule is CC(C)(C)NCCC(=O)NCC(C)(O)C(=O)O. The summed E-state index contributed by atoms with van der Waals surface area (Å²) >= 11 is 0. The fraction of sp³-hybridized carbons (Fsp3) is 0.818. The molecule has 0 saturated carbocycles. The number of nitrogens with one attached hydrogen (secondary N) is 2. The zero-order valence-electron chi connectivity index (χ0n) is 10.8. The Kier molecular flexibility index (Phi) is 5.57. The molecule has 1 atom stereocenters.